The van der Waals surface area contributed by atoms with E-state index in [0.717, 1.165) is 55.1 Å². The van der Waals surface area contributed by atoms with E-state index < -0.39 is 0 Å². The van der Waals surface area contributed by atoms with Crippen LogP contribution < -0.4 is 0 Å². The van der Waals surface area contributed by atoms with E-state index in [1.54, 1.807) is 0 Å². The number of para-hydroxylation sites is 1. The molecule has 0 aliphatic carbocycles. The molecular weight excluding hydrogens is 599 g/mol. The van der Waals surface area contributed by atoms with Crippen molar-refractivity contribution in [3.8, 4) is 45.3 Å². The Morgan fingerprint density at radius 3 is 1.78 bits per heavy atom. The first-order valence-electron chi connectivity index (χ1n) is 16.4. The quantitative estimate of drug-likeness (QED) is 0.183. The molecule has 0 aliphatic rings. The molecule has 2 heterocycles. The number of aromatic nitrogens is 3. The molecule has 0 spiro atoms. The van der Waals surface area contributed by atoms with Crippen LogP contribution in [0.15, 0.2) is 168 Å². The average Bonchev–Trinajstić information content (AvgIpc) is 3.55. The first kappa shape index (κ1) is 27.5. The van der Waals surface area contributed by atoms with Crippen molar-refractivity contribution in [2.45, 2.75) is 0 Å². The third-order valence-corrected chi connectivity index (χ3v) is 9.49. The fraction of sp³-hybridized carbons (Fsp3) is 0. The van der Waals surface area contributed by atoms with Crippen LogP contribution in [0.1, 0.15) is 0 Å². The van der Waals surface area contributed by atoms with Crippen LogP contribution in [0.4, 0.5) is 0 Å². The lowest BCUT2D eigenvalue weighted by Crippen LogP contribution is -2.01. The van der Waals surface area contributed by atoms with Gasteiger partial charge < -0.3 is 4.42 Å². The summed E-state index contributed by atoms with van der Waals surface area (Å²) in [6.45, 7) is 0. The molecule has 0 saturated carbocycles. The van der Waals surface area contributed by atoms with E-state index in [2.05, 4.69) is 121 Å². The summed E-state index contributed by atoms with van der Waals surface area (Å²) in [7, 11) is 0. The number of furan rings is 1. The highest BCUT2D eigenvalue weighted by Gasteiger charge is 2.20. The van der Waals surface area contributed by atoms with E-state index in [9.17, 15) is 0 Å². The summed E-state index contributed by atoms with van der Waals surface area (Å²) >= 11 is 0. The monoisotopic (exact) mass is 625 g/mol. The molecule has 0 atom stereocenters. The first-order valence-corrected chi connectivity index (χ1v) is 16.4. The first-order chi connectivity index (χ1) is 24.2. The van der Waals surface area contributed by atoms with Gasteiger partial charge >= 0.3 is 0 Å². The molecule has 0 aliphatic heterocycles. The topological polar surface area (TPSA) is 51.8 Å². The average molecular weight is 626 g/mol. The minimum absolute atomic E-state index is 0.590. The standard InChI is InChI=1S/C45H27N3O/c1-2-12-31(13-3-1)43-46-44(34-23-18-28-10-4-5-14-32(28)24-34)48-45(47-43)40-27-42-39(36-16-8-9-17-41(36)49-42)26-38(40)33-22-21-30-20-19-29-11-6-7-15-35(29)37(30)25-33/h1-27H. The van der Waals surface area contributed by atoms with Crippen LogP contribution in [0.2, 0.25) is 0 Å². The molecule has 0 radical (unpaired) electrons. The predicted molar refractivity (Wildman–Crippen MR) is 201 cm³/mol. The number of rotatable bonds is 4. The van der Waals surface area contributed by atoms with Gasteiger partial charge in [0.25, 0.3) is 0 Å². The summed E-state index contributed by atoms with van der Waals surface area (Å²) in [6, 6.07) is 57.1. The van der Waals surface area contributed by atoms with Crippen molar-refractivity contribution in [2.75, 3.05) is 0 Å². The molecule has 10 rings (SSSR count). The zero-order valence-corrected chi connectivity index (χ0v) is 26.3. The second-order valence-corrected chi connectivity index (χ2v) is 12.4. The predicted octanol–water partition coefficient (Wildman–Crippen LogP) is 11.9. The van der Waals surface area contributed by atoms with Gasteiger partial charge in [0.15, 0.2) is 17.5 Å². The molecule has 0 amide bonds. The largest absolute Gasteiger partial charge is 0.456 e. The van der Waals surface area contributed by atoms with E-state index >= 15 is 0 Å². The number of hydrogen-bond donors (Lipinski definition) is 0. The SMILES string of the molecule is c1ccc(-c2nc(-c3ccc4ccccc4c3)nc(-c3cc4oc5ccccc5c4cc3-c3ccc4ccc5ccccc5c4c3)n2)cc1. The Morgan fingerprint density at radius 2 is 0.918 bits per heavy atom. The van der Waals surface area contributed by atoms with Gasteiger partial charge in [-0.1, -0.05) is 133 Å². The lowest BCUT2D eigenvalue weighted by molar-refractivity contribution is 0.669. The van der Waals surface area contributed by atoms with Gasteiger partial charge in [0, 0.05) is 27.5 Å². The van der Waals surface area contributed by atoms with Gasteiger partial charge in [0.2, 0.25) is 0 Å². The Morgan fingerprint density at radius 1 is 0.306 bits per heavy atom. The highest BCUT2D eigenvalue weighted by molar-refractivity contribution is 6.11. The minimum Gasteiger partial charge on any atom is -0.456 e. The second kappa shape index (κ2) is 11.0. The highest BCUT2D eigenvalue weighted by Crippen LogP contribution is 2.41. The van der Waals surface area contributed by atoms with Gasteiger partial charge in [0.05, 0.1) is 0 Å². The second-order valence-electron chi connectivity index (χ2n) is 12.4. The zero-order chi connectivity index (χ0) is 32.3. The van der Waals surface area contributed by atoms with Crippen molar-refractivity contribution in [2.24, 2.45) is 0 Å². The summed E-state index contributed by atoms with van der Waals surface area (Å²) in [6.07, 6.45) is 0. The van der Waals surface area contributed by atoms with Crippen LogP contribution in [-0.2, 0) is 0 Å². The van der Waals surface area contributed by atoms with Crippen LogP contribution in [0.5, 0.6) is 0 Å². The Bertz CT molecular complexity index is 2890. The van der Waals surface area contributed by atoms with Crippen LogP contribution in [0, 0.1) is 0 Å². The Balaban J connectivity index is 1.27. The molecule has 8 aromatic carbocycles. The van der Waals surface area contributed by atoms with E-state index in [-0.39, 0.29) is 0 Å². The maximum absolute atomic E-state index is 6.44. The summed E-state index contributed by atoms with van der Waals surface area (Å²) in [5.41, 5.74) is 6.50. The van der Waals surface area contributed by atoms with Crippen molar-refractivity contribution < 1.29 is 4.42 Å². The number of benzene rings is 8. The number of nitrogens with zero attached hydrogens (tertiary/aromatic N) is 3. The molecule has 49 heavy (non-hydrogen) atoms. The van der Waals surface area contributed by atoms with Crippen LogP contribution >= 0.6 is 0 Å². The van der Waals surface area contributed by atoms with Gasteiger partial charge in [0.1, 0.15) is 11.2 Å². The molecule has 4 nitrogen and oxygen atoms in total. The van der Waals surface area contributed by atoms with E-state index in [1.165, 1.54) is 26.9 Å². The minimum atomic E-state index is 0.590. The Kier molecular flexibility index (Phi) is 6.15. The molecular formula is C45H27N3O. The van der Waals surface area contributed by atoms with Crippen molar-refractivity contribution >= 4 is 54.3 Å². The normalized spacial score (nSPS) is 11.7. The Hall–Kier alpha value is -6.65. The van der Waals surface area contributed by atoms with Crippen LogP contribution in [0.3, 0.4) is 0 Å². The third kappa shape index (κ3) is 4.65. The van der Waals surface area contributed by atoms with Crippen molar-refractivity contribution in [3.05, 3.63) is 164 Å². The molecule has 0 unspecified atom stereocenters. The molecule has 4 heteroatoms. The lowest BCUT2D eigenvalue weighted by atomic mass is 9.93. The van der Waals surface area contributed by atoms with E-state index in [1.807, 2.05) is 42.5 Å². The molecule has 0 saturated heterocycles. The highest BCUT2D eigenvalue weighted by atomic mass is 16.3. The van der Waals surface area contributed by atoms with Gasteiger partial charge in [-0.3, -0.25) is 0 Å². The lowest BCUT2D eigenvalue weighted by Gasteiger charge is -2.14. The zero-order valence-electron chi connectivity index (χ0n) is 26.3. The molecule has 0 fully saturated rings. The maximum atomic E-state index is 6.44. The van der Waals surface area contributed by atoms with E-state index in [4.69, 9.17) is 19.4 Å². The van der Waals surface area contributed by atoms with Crippen LogP contribution in [-0.4, -0.2) is 15.0 Å². The van der Waals surface area contributed by atoms with Crippen molar-refractivity contribution in [3.63, 3.8) is 0 Å². The summed E-state index contributed by atoms with van der Waals surface area (Å²) in [5, 5.41) is 9.28. The number of fused-ring (bicyclic) bond motifs is 7. The summed E-state index contributed by atoms with van der Waals surface area (Å²) < 4.78 is 6.44. The summed E-state index contributed by atoms with van der Waals surface area (Å²) in [4.78, 5) is 15.4. The van der Waals surface area contributed by atoms with Crippen molar-refractivity contribution in [1.82, 2.24) is 15.0 Å². The van der Waals surface area contributed by atoms with Gasteiger partial charge in [-0.15, -0.1) is 0 Å². The van der Waals surface area contributed by atoms with E-state index in [0.29, 0.717) is 17.5 Å². The van der Waals surface area contributed by atoms with Crippen molar-refractivity contribution in [1.29, 1.82) is 0 Å². The van der Waals surface area contributed by atoms with Crippen LogP contribution in [0.25, 0.3) is 99.5 Å². The molecule has 2 aromatic heterocycles. The fourth-order valence-electron chi connectivity index (χ4n) is 7.03. The van der Waals surface area contributed by atoms with Gasteiger partial charge in [-0.25, -0.2) is 15.0 Å². The molecule has 228 valence electrons. The fourth-order valence-corrected chi connectivity index (χ4v) is 7.03. The maximum Gasteiger partial charge on any atom is 0.164 e. The smallest absolute Gasteiger partial charge is 0.164 e. The molecule has 0 N–H and O–H groups in total. The molecule has 10 aromatic rings. The Labute approximate surface area is 282 Å². The van der Waals surface area contributed by atoms with Gasteiger partial charge in [-0.2, -0.15) is 0 Å². The third-order valence-electron chi connectivity index (χ3n) is 9.49. The number of hydrogen-bond acceptors (Lipinski definition) is 4. The molecule has 0 bridgehead atoms. The summed E-state index contributed by atoms with van der Waals surface area (Å²) in [5.74, 6) is 1.83. The van der Waals surface area contributed by atoms with Gasteiger partial charge in [-0.05, 0) is 73.8 Å².